The van der Waals surface area contributed by atoms with Gasteiger partial charge in [-0.15, -0.1) is 0 Å². The monoisotopic (exact) mass is 334 g/mol. The number of hydrogen-bond acceptors (Lipinski definition) is 3. The summed E-state index contributed by atoms with van der Waals surface area (Å²) in [4.78, 5) is 12.1. The lowest BCUT2D eigenvalue weighted by Crippen LogP contribution is -2.41. The average Bonchev–Trinajstić information content (AvgIpc) is 2.51. The molecule has 0 bridgehead atoms. The molecule has 0 radical (unpaired) electrons. The number of phenols is 1. The third-order valence-electron chi connectivity index (χ3n) is 4.63. The van der Waals surface area contributed by atoms with Crippen LogP contribution in [0.5, 0.6) is 5.75 Å². The first-order valence-electron chi connectivity index (χ1n) is 8.81. The van der Waals surface area contributed by atoms with Crippen LogP contribution < -0.4 is 10.6 Å². The second-order valence-corrected chi connectivity index (χ2v) is 7.66. The molecule has 2 rings (SSSR count). The SMILES string of the molecule is CC(O)CC(C)(C)CNC(=O)NCc1c(O)ccc2c1CCCC2. The number of hydrogen-bond donors (Lipinski definition) is 4. The molecule has 0 heterocycles. The summed E-state index contributed by atoms with van der Waals surface area (Å²) in [5.41, 5.74) is 3.15. The quantitative estimate of drug-likeness (QED) is 0.646. The first-order valence-corrected chi connectivity index (χ1v) is 8.81. The standard InChI is InChI=1S/C19H30N2O3/c1-13(22)10-19(2,3)12-21-18(24)20-11-16-15-7-5-4-6-14(15)8-9-17(16)23/h8-9,13,22-23H,4-7,10-12H2,1-3H3,(H2,20,21,24). The number of urea groups is 1. The molecule has 0 aliphatic heterocycles. The molecule has 0 spiro atoms. The molecule has 1 atom stereocenters. The maximum absolute atomic E-state index is 12.1. The van der Waals surface area contributed by atoms with Crippen molar-refractivity contribution in [3.05, 3.63) is 28.8 Å². The number of benzene rings is 1. The summed E-state index contributed by atoms with van der Waals surface area (Å²) in [6.07, 6.45) is 4.55. The number of phenolic OH excluding ortho intramolecular Hbond substituents is 1. The molecular weight excluding hydrogens is 304 g/mol. The molecule has 1 aromatic carbocycles. The molecule has 134 valence electrons. The first-order chi connectivity index (χ1) is 11.3. The molecule has 1 aromatic rings. The van der Waals surface area contributed by atoms with Crippen LogP contribution in [0.1, 0.15) is 56.7 Å². The van der Waals surface area contributed by atoms with Crippen molar-refractivity contribution in [2.45, 2.75) is 65.5 Å². The molecule has 5 nitrogen and oxygen atoms in total. The topological polar surface area (TPSA) is 81.6 Å². The first kappa shape index (κ1) is 18.6. The van der Waals surface area contributed by atoms with Crippen LogP contribution in [0.15, 0.2) is 12.1 Å². The Labute approximate surface area is 144 Å². The van der Waals surface area contributed by atoms with Gasteiger partial charge in [0.1, 0.15) is 5.75 Å². The largest absolute Gasteiger partial charge is 0.508 e. The predicted octanol–water partition coefficient (Wildman–Crippen LogP) is 2.87. The van der Waals surface area contributed by atoms with E-state index in [-0.39, 0.29) is 17.2 Å². The van der Waals surface area contributed by atoms with Gasteiger partial charge < -0.3 is 20.8 Å². The van der Waals surface area contributed by atoms with E-state index >= 15 is 0 Å². The summed E-state index contributed by atoms with van der Waals surface area (Å²) in [6.45, 7) is 6.60. The van der Waals surface area contributed by atoms with Crippen LogP contribution in [0, 0.1) is 5.41 Å². The molecule has 5 heteroatoms. The summed E-state index contributed by atoms with van der Waals surface area (Å²) in [7, 11) is 0. The fraction of sp³-hybridized carbons (Fsp3) is 0.632. The minimum Gasteiger partial charge on any atom is -0.508 e. The highest BCUT2D eigenvalue weighted by Gasteiger charge is 2.21. The average molecular weight is 334 g/mol. The molecule has 2 amide bonds. The molecular formula is C19H30N2O3. The van der Waals surface area contributed by atoms with Crippen molar-refractivity contribution < 1.29 is 15.0 Å². The highest BCUT2D eigenvalue weighted by Crippen LogP contribution is 2.30. The molecule has 0 saturated heterocycles. The van der Waals surface area contributed by atoms with E-state index in [9.17, 15) is 15.0 Å². The molecule has 1 unspecified atom stereocenters. The van der Waals surface area contributed by atoms with Gasteiger partial charge in [-0.05, 0) is 61.6 Å². The number of aliphatic hydroxyl groups is 1. The van der Waals surface area contributed by atoms with Crippen LogP contribution in [0.25, 0.3) is 0 Å². The Bertz CT molecular complexity index is 582. The van der Waals surface area contributed by atoms with Gasteiger partial charge in [-0.3, -0.25) is 0 Å². The van der Waals surface area contributed by atoms with Crippen LogP contribution >= 0.6 is 0 Å². The number of nitrogens with one attached hydrogen (secondary N) is 2. The number of aromatic hydroxyl groups is 1. The second-order valence-electron chi connectivity index (χ2n) is 7.66. The van der Waals surface area contributed by atoms with Gasteiger partial charge >= 0.3 is 6.03 Å². The Hall–Kier alpha value is -1.75. The maximum atomic E-state index is 12.1. The Morgan fingerprint density at radius 3 is 2.67 bits per heavy atom. The summed E-state index contributed by atoms with van der Waals surface area (Å²) in [5, 5.41) is 25.3. The number of rotatable bonds is 6. The molecule has 1 aliphatic rings. The number of aliphatic hydroxyl groups excluding tert-OH is 1. The Morgan fingerprint density at radius 1 is 1.25 bits per heavy atom. The fourth-order valence-corrected chi connectivity index (χ4v) is 3.51. The van der Waals surface area contributed by atoms with Gasteiger partial charge in [-0.1, -0.05) is 19.9 Å². The summed E-state index contributed by atoms with van der Waals surface area (Å²) < 4.78 is 0. The highest BCUT2D eigenvalue weighted by atomic mass is 16.3. The van der Waals surface area contributed by atoms with Crippen LogP contribution in [-0.4, -0.2) is 28.9 Å². The van der Waals surface area contributed by atoms with Crippen LogP contribution in [0.3, 0.4) is 0 Å². The van der Waals surface area contributed by atoms with E-state index in [4.69, 9.17) is 0 Å². The van der Waals surface area contributed by atoms with Gasteiger partial charge in [0, 0.05) is 18.7 Å². The lowest BCUT2D eigenvalue weighted by Gasteiger charge is -2.26. The van der Waals surface area contributed by atoms with Gasteiger partial charge in [0.2, 0.25) is 0 Å². The smallest absolute Gasteiger partial charge is 0.315 e. The number of carbonyl (C=O) groups excluding carboxylic acids is 1. The molecule has 0 aromatic heterocycles. The third-order valence-corrected chi connectivity index (χ3v) is 4.63. The Balaban J connectivity index is 1.91. The summed E-state index contributed by atoms with van der Waals surface area (Å²) in [5.74, 6) is 0.255. The number of aryl methyl sites for hydroxylation is 1. The minimum absolute atomic E-state index is 0.167. The third kappa shape index (κ3) is 5.13. The van der Waals surface area contributed by atoms with E-state index in [2.05, 4.69) is 10.6 Å². The Kier molecular flexibility index (Phi) is 6.10. The van der Waals surface area contributed by atoms with Gasteiger partial charge in [0.15, 0.2) is 0 Å². The molecule has 0 fully saturated rings. The van der Waals surface area contributed by atoms with Crippen molar-refractivity contribution in [3.63, 3.8) is 0 Å². The number of carbonyl (C=O) groups is 1. The lowest BCUT2D eigenvalue weighted by atomic mass is 9.87. The van der Waals surface area contributed by atoms with E-state index < -0.39 is 6.10 Å². The molecule has 1 aliphatic carbocycles. The lowest BCUT2D eigenvalue weighted by molar-refractivity contribution is 0.129. The van der Waals surface area contributed by atoms with E-state index in [0.29, 0.717) is 19.5 Å². The summed E-state index contributed by atoms with van der Waals surface area (Å²) in [6, 6.07) is 3.47. The molecule has 24 heavy (non-hydrogen) atoms. The van der Waals surface area contributed by atoms with Gasteiger partial charge in [-0.2, -0.15) is 0 Å². The van der Waals surface area contributed by atoms with E-state index in [0.717, 1.165) is 24.8 Å². The predicted molar refractivity (Wildman–Crippen MR) is 95.1 cm³/mol. The van der Waals surface area contributed by atoms with Crippen molar-refractivity contribution in [1.82, 2.24) is 10.6 Å². The fourth-order valence-electron chi connectivity index (χ4n) is 3.51. The molecule has 4 N–H and O–H groups in total. The number of fused-ring (bicyclic) bond motifs is 1. The zero-order valence-electron chi connectivity index (χ0n) is 15.0. The van der Waals surface area contributed by atoms with Crippen LogP contribution in [0.2, 0.25) is 0 Å². The van der Waals surface area contributed by atoms with E-state index in [1.807, 2.05) is 19.9 Å². The van der Waals surface area contributed by atoms with E-state index in [1.54, 1.807) is 13.0 Å². The zero-order chi connectivity index (χ0) is 17.7. The summed E-state index contributed by atoms with van der Waals surface area (Å²) >= 11 is 0. The number of amides is 2. The van der Waals surface area contributed by atoms with E-state index in [1.165, 1.54) is 17.5 Å². The normalized spacial score (nSPS) is 15.5. The van der Waals surface area contributed by atoms with Gasteiger partial charge in [0.25, 0.3) is 0 Å². The van der Waals surface area contributed by atoms with Crippen molar-refractivity contribution in [2.75, 3.05) is 6.54 Å². The zero-order valence-corrected chi connectivity index (χ0v) is 15.0. The van der Waals surface area contributed by atoms with Crippen molar-refractivity contribution in [2.24, 2.45) is 5.41 Å². The Morgan fingerprint density at radius 2 is 1.96 bits per heavy atom. The van der Waals surface area contributed by atoms with Crippen molar-refractivity contribution in [3.8, 4) is 5.75 Å². The maximum Gasteiger partial charge on any atom is 0.315 e. The van der Waals surface area contributed by atoms with Crippen LogP contribution in [-0.2, 0) is 19.4 Å². The second kappa shape index (κ2) is 7.88. The highest BCUT2D eigenvalue weighted by molar-refractivity contribution is 5.74. The van der Waals surface area contributed by atoms with Crippen LogP contribution in [0.4, 0.5) is 4.79 Å². The van der Waals surface area contributed by atoms with Crippen molar-refractivity contribution >= 4 is 6.03 Å². The van der Waals surface area contributed by atoms with Gasteiger partial charge in [-0.25, -0.2) is 4.79 Å². The minimum atomic E-state index is -0.391. The molecule has 0 saturated carbocycles. The van der Waals surface area contributed by atoms with Crippen molar-refractivity contribution in [1.29, 1.82) is 0 Å². The van der Waals surface area contributed by atoms with Gasteiger partial charge in [0.05, 0.1) is 6.10 Å².